The highest BCUT2D eigenvalue weighted by Crippen LogP contribution is 2.41. The minimum absolute atomic E-state index is 0.0156. The predicted molar refractivity (Wildman–Crippen MR) is 137 cm³/mol. The van der Waals surface area contributed by atoms with Crippen molar-refractivity contribution in [1.29, 1.82) is 0 Å². The maximum Gasteiger partial charge on any atom is 0.294 e. The Hall–Kier alpha value is -2.25. The van der Waals surface area contributed by atoms with Crippen molar-refractivity contribution in [2.45, 2.75) is 95.4 Å². The first-order chi connectivity index (χ1) is 17.3. The number of hydrogen-bond acceptors (Lipinski definition) is 5. The zero-order valence-corrected chi connectivity index (χ0v) is 22.0. The molecule has 1 N–H and O–H groups in total. The fourth-order valence-electron chi connectivity index (χ4n) is 6.46. The summed E-state index contributed by atoms with van der Waals surface area (Å²) < 4.78 is 5.46. The Bertz CT molecular complexity index is 937. The predicted octanol–water partition coefficient (Wildman–Crippen LogP) is 3.37. The molecule has 3 fully saturated rings. The molecule has 6 atom stereocenters. The largest absolute Gasteiger partial charge is 0.381 e. The Morgan fingerprint density at radius 2 is 1.89 bits per heavy atom. The quantitative estimate of drug-likeness (QED) is 0.417. The maximum atomic E-state index is 13.6. The van der Waals surface area contributed by atoms with E-state index in [1.165, 1.54) is 10.5 Å². The minimum Gasteiger partial charge on any atom is -0.381 e. The van der Waals surface area contributed by atoms with Gasteiger partial charge < -0.3 is 19.6 Å². The summed E-state index contributed by atoms with van der Waals surface area (Å²) >= 11 is 0. The first kappa shape index (κ1) is 26.8. The van der Waals surface area contributed by atoms with Crippen molar-refractivity contribution < 1.29 is 24.2 Å². The second-order valence-corrected chi connectivity index (χ2v) is 11.2. The Balaban J connectivity index is 1.40. The number of Topliss-reactive ketones (excluding diaryl/α,β-unsaturated/α-hetero) is 1. The molecule has 1 saturated carbocycles. The van der Waals surface area contributed by atoms with Crippen molar-refractivity contribution >= 4 is 17.6 Å². The minimum atomic E-state index is -1.71. The van der Waals surface area contributed by atoms with Crippen LogP contribution in [0, 0.1) is 11.8 Å². The van der Waals surface area contributed by atoms with Crippen LogP contribution in [0.15, 0.2) is 30.3 Å². The molecule has 2 aliphatic heterocycles. The molecule has 7 nitrogen and oxygen atoms in total. The number of benzene rings is 1. The number of aliphatic hydroxyl groups is 1. The molecule has 2 bridgehead atoms. The van der Waals surface area contributed by atoms with Crippen molar-refractivity contribution in [2.75, 3.05) is 20.2 Å². The van der Waals surface area contributed by atoms with Crippen molar-refractivity contribution in [3.05, 3.63) is 35.9 Å². The Labute approximate surface area is 215 Å². The van der Waals surface area contributed by atoms with Crippen LogP contribution in [0.3, 0.4) is 0 Å². The third-order valence-corrected chi connectivity index (χ3v) is 8.97. The van der Waals surface area contributed by atoms with Crippen LogP contribution in [0.5, 0.6) is 0 Å². The fraction of sp³-hybridized carbons (Fsp3) is 0.690. The van der Waals surface area contributed by atoms with Gasteiger partial charge in [0.2, 0.25) is 5.91 Å². The van der Waals surface area contributed by atoms with E-state index in [9.17, 15) is 19.5 Å². The smallest absolute Gasteiger partial charge is 0.294 e. The molecule has 1 aromatic rings. The Kier molecular flexibility index (Phi) is 8.51. The van der Waals surface area contributed by atoms with Gasteiger partial charge in [-0.1, -0.05) is 37.3 Å². The topological polar surface area (TPSA) is 87.1 Å². The number of ether oxygens (including phenoxy) is 1. The number of hydrogen-bond donors (Lipinski definition) is 1. The van der Waals surface area contributed by atoms with E-state index in [-0.39, 0.29) is 36.3 Å². The fourth-order valence-corrected chi connectivity index (χ4v) is 6.46. The zero-order chi connectivity index (χ0) is 25.9. The molecule has 4 rings (SSSR count). The van der Waals surface area contributed by atoms with Crippen LogP contribution < -0.4 is 0 Å². The van der Waals surface area contributed by atoms with E-state index in [0.717, 1.165) is 38.5 Å². The average Bonchev–Trinajstić information content (AvgIpc) is 2.90. The summed E-state index contributed by atoms with van der Waals surface area (Å²) in [5.41, 5.74) is -0.412. The molecule has 2 heterocycles. The van der Waals surface area contributed by atoms with Crippen LogP contribution in [0.4, 0.5) is 0 Å². The number of carbonyl (C=O) groups is 3. The average molecular weight is 499 g/mol. The number of nitrogens with zero attached hydrogens (tertiary/aromatic N) is 2. The van der Waals surface area contributed by atoms with Gasteiger partial charge in [-0.25, -0.2) is 0 Å². The highest BCUT2D eigenvalue weighted by atomic mass is 16.5. The molecule has 1 aromatic carbocycles. The molecular weight excluding hydrogens is 456 g/mol. The zero-order valence-electron chi connectivity index (χ0n) is 22.0. The van der Waals surface area contributed by atoms with Crippen LogP contribution in [-0.2, 0) is 25.5 Å². The van der Waals surface area contributed by atoms with Gasteiger partial charge in [-0.3, -0.25) is 14.4 Å². The number of carbonyl (C=O) groups excluding carboxylic acids is 3. The third kappa shape index (κ3) is 5.37. The van der Waals surface area contributed by atoms with E-state index in [1.54, 1.807) is 7.11 Å². The van der Waals surface area contributed by atoms with Crippen molar-refractivity contribution in [2.24, 2.45) is 11.8 Å². The number of piperidine rings is 1. The standard InChI is InChI=1S/C29H42N2O5/c1-20-15-16-23(21(2)36-3)18-29(20,35)26(32)28(34)31-24-13-9-14-25(31)27(33)30(19-24)17-8-7-12-22-10-5-4-6-11-22/h4-6,10-11,20-21,23-25,35H,7-9,12-19H2,1-3H3/t20-,21+,23-,24?,25?,29+/m1/s1. The van der Waals surface area contributed by atoms with Gasteiger partial charge >= 0.3 is 0 Å². The van der Waals surface area contributed by atoms with Crippen LogP contribution in [0.2, 0.25) is 0 Å². The van der Waals surface area contributed by atoms with Gasteiger partial charge in [-0.15, -0.1) is 0 Å². The van der Waals surface area contributed by atoms with E-state index in [0.29, 0.717) is 25.9 Å². The highest BCUT2D eigenvalue weighted by Gasteiger charge is 2.54. The number of piperazine rings is 1. The second-order valence-electron chi connectivity index (χ2n) is 11.2. The lowest BCUT2D eigenvalue weighted by Gasteiger charge is -2.50. The number of unbranched alkanes of at least 4 members (excludes halogenated alkanes) is 1. The number of aryl methyl sites for hydroxylation is 1. The molecule has 0 radical (unpaired) electrons. The number of fused-ring (bicyclic) bond motifs is 2. The van der Waals surface area contributed by atoms with E-state index in [1.807, 2.05) is 36.9 Å². The lowest BCUT2D eigenvalue weighted by molar-refractivity contribution is -0.173. The van der Waals surface area contributed by atoms with Crippen molar-refractivity contribution in [1.82, 2.24) is 9.80 Å². The van der Waals surface area contributed by atoms with E-state index < -0.39 is 23.3 Å². The lowest BCUT2D eigenvalue weighted by Crippen LogP contribution is -2.68. The summed E-state index contributed by atoms with van der Waals surface area (Å²) in [5.74, 6) is -1.77. The highest BCUT2D eigenvalue weighted by molar-refractivity contribution is 6.39. The molecule has 3 aliphatic rings. The molecule has 0 spiro atoms. The van der Waals surface area contributed by atoms with Gasteiger partial charge in [0.05, 0.1) is 12.1 Å². The molecule has 0 aromatic heterocycles. The summed E-state index contributed by atoms with van der Waals surface area (Å²) in [6.07, 6.45) is 6.75. The van der Waals surface area contributed by atoms with Crippen LogP contribution >= 0.6 is 0 Å². The summed E-state index contributed by atoms with van der Waals surface area (Å²) in [6.45, 7) is 4.93. The van der Waals surface area contributed by atoms with E-state index in [2.05, 4.69) is 12.1 Å². The first-order valence-corrected chi connectivity index (χ1v) is 13.7. The molecule has 7 heteroatoms. The van der Waals surface area contributed by atoms with Gasteiger partial charge in [0, 0.05) is 20.2 Å². The first-order valence-electron chi connectivity index (χ1n) is 13.7. The van der Waals surface area contributed by atoms with Crippen LogP contribution in [-0.4, -0.2) is 76.5 Å². The lowest BCUT2D eigenvalue weighted by atomic mass is 9.68. The van der Waals surface area contributed by atoms with Crippen LogP contribution in [0.25, 0.3) is 0 Å². The van der Waals surface area contributed by atoms with Gasteiger partial charge in [0.15, 0.2) is 0 Å². The van der Waals surface area contributed by atoms with Crippen molar-refractivity contribution in [3.63, 3.8) is 0 Å². The molecule has 1 aliphatic carbocycles. The number of ketones is 1. The number of methoxy groups -OCH3 is 1. The second kappa shape index (κ2) is 11.4. The third-order valence-electron chi connectivity index (χ3n) is 8.97. The molecule has 36 heavy (non-hydrogen) atoms. The monoisotopic (exact) mass is 498 g/mol. The number of rotatable bonds is 9. The Morgan fingerprint density at radius 1 is 1.14 bits per heavy atom. The Morgan fingerprint density at radius 3 is 2.61 bits per heavy atom. The summed E-state index contributed by atoms with van der Waals surface area (Å²) in [7, 11) is 1.63. The van der Waals surface area contributed by atoms with Crippen molar-refractivity contribution in [3.8, 4) is 0 Å². The van der Waals surface area contributed by atoms with Gasteiger partial charge in [-0.05, 0) is 82.1 Å². The molecule has 2 amide bonds. The number of likely N-dealkylation sites (tertiary alicyclic amines) is 1. The summed E-state index contributed by atoms with van der Waals surface area (Å²) in [4.78, 5) is 43.9. The SMILES string of the molecule is CO[C@@H](C)[C@@H]1CC[C@@H](C)[C@](O)(C(=O)C(=O)N2C3CCCC2C(=O)N(CCCCc2ccccc2)C3)C1. The van der Waals surface area contributed by atoms with Crippen LogP contribution in [0.1, 0.15) is 70.8 Å². The van der Waals surface area contributed by atoms with Gasteiger partial charge in [-0.2, -0.15) is 0 Å². The molecule has 2 unspecified atom stereocenters. The summed E-state index contributed by atoms with van der Waals surface area (Å²) in [5, 5.41) is 11.5. The molecule has 198 valence electrons. The summed E-state index contributed by atoms with van der Waals surface area (Å²) in [6, 6.07) is 9.58. The van der Waals surface area contributed by atoms with Gasteiger partial charge in [0.1, 0.15) is 11.6 Å². The normalized spacial score (nSPS) is 31.3. The number of amides is 2. The van der Waals surface area contributed by atoms with E-state index >= 15 is 0 Å². The maximum absolute atomic E-state index is 13.6. The molecule has 2 saturated heterocycles. The molecular formula is C29H42N2O5. The van der Waals surface area contributed by atoms with E-state index in [4.69, 9.17) is 4.74 Å². The van der Waals surface area contributed by atoms with Gasteiger partial charge in [0.25, 0.3) is 11.7 Å².